The van der Waals surface area contributed by atoms with Gasteiger partial charge in [0.2, 0.25) is 23.8 Å². The number of rotatable bonds is 8. The van der Waals surface area contributed by atoms with Crippen LogP contribution in [-0.4, -0.2) is 29.9 Å². The molecule has 0 unspecified atom stereocenters. The number of aryl methyl sites for hydroxylation is 2. The van der Waals surface area contributed by atoms with Gasteiger partial charge in [0.05, 0.1) is 0 Å². The fourth-order valence-electron chi connectivity index (χ4n) is 8.38. The second kappa shape index (κ2) is 18.2. The Balaban J connectivity index is 0.000000272. The lowest BCUT2D eigenvalue weighted by molar-refractivity contribution is 0.984. The smallest absolute Gasteiger partial charge is 0.232 e. The van der Waals surface area contributed by atoms with E-state index in [0.717, 1.165) is 22.7 Å². The van der Waals surface area contributed by atoms with Crippen LogP contribution < -0.4 is 21.3 Å². The molecule has 2 aromatic heterocycles. The van der Waals surface area contributed by atoms with Crippen molar-refractivity contribution in [2.75, 3.05) is 21.3 Å². The highest BCUT2D eigenvalue weighted by atomic mass is 15.2. The molecule has 330 valence electrons. The van der Waals surface area contributed by atoms with E-state index in [9.17, 15) is 0 Å². The summed E-state index contributed by atoms with van der Waals surface area (Å²) in [5.41, 5.74) is 29.9. The summed E-state index contributed by atoms with van der Waals surface area (Å²) >= 11 is 0. The fraction of sp³-hybridized carbons (Fsp3) is 0.423. The second-order valence-corrected chi connectivity index (χ2v) is 17.6. The lowest BCUT2D eigenvalue weighted by Crippen LogP contribution is -2.10. The molecule has 62 heavy (non-hydrogen) atoms. The molecule has 0 fully saturated rings. The maximum absolute atomic E-state index is 4.71. The summed E-state index contributed by atoms with van der Waals surface area (Å²) in [6.07, 6.45) is 0. The first-order chi connectivity index (χ1) is 28.9. The number of anilines is 8. The van der Waals surface area contributed by atoms with Gasteiger partial charge in [-0.15, -0.1) is 0 Å². The third-order valence-electron chi connectivity index (χ3n) is 14.4. The number of aromatic nitrogens is 6. The summed E-state index contributed by atoms with van der Waals surface area (Å²) in [5, 5.41) is 13.9. The van der Waals surface area contributed by atoms with Gasteiger partial charge in [0.1, 0.15) is 11.6 Å². The van der Waals surface area contributed by atoms with Crippen molar-refractivity contribution in [1.29, 1.82) is 0 Å². The third-order valence-corrected chi connectivity index (χ3v) is 14.4. The summed E-state index contributed by atoms with van der Waals surface area (Å²) in [7, 11) is 0. The zero-order valence-corrected chi connectivity index (χ0v) is 41.7. The van der Waals surface area contributed by atoms with Gasteiger partial charge in [-0.25, -0.2) is 0 Å². The van der Waals surface area contributed by atoms with Crippen LogP contribution >= 0.6 is 0 Å². The molecular weight excluding hydrogens is 765 g/mol. The van der Waals surface area contributed by atoms with Gasteiger partial charge < -0.3 is 21.3 Å². The number of benzene rings is 4. The first kappa shape index (κ1) is 47.2. The van der Waals surface area contributed by atoms with Gasteiger partial charge in [-0.3, -0.25) is 0 Å². The van der Waals surface area contributed by atoms with Gasteiger partial charge in [0.15, 0.2) is 0 Å². The van der Waals surface area contributed by atoms with Crippen molar-refractivity contribution in [3.63, 3.8) is 0 Å². The van der Waals surface area contributed by atoms with Crippen molar-refractivity contribution >= 4 is 46.5 Å². The summed E-state index contributed by atoms with van der Waals surface area (Å²) in [5.74, 6) is 3.57. The fourth-order valence-corrected chi connectivity index (χ4v) is 8.38. The van der Waals surface area contributed by atoms with Crippen LogP contribution in [0, 0.1) is 152 Å². The second-order valence-electron chi connectivity index (χ2n) is 17.6. The molecule has 0 saturated heterocycles. The van der Waals surface area contributed by atoms with E-state index >= 15 is 0 Å². The molecule has 6 aromatic rings. The number of hydrogen-bond acceptors (Lipinski definition) is 10. The molecule has 0 bridgehead atoms. The average Bonchev–Trinajstić information content (AvgIpc) is 3.24. The van der Waals surface area contributed by atoms with E-state index in [1.165, 1.54) is 111 Å². The van der Waals surface area contributed by atoms with E-state index in [1.807, 2.05) is 13.8 Å². The predicted molar refractivity (Wildman–Crippen MR) is 265 cm³/mol. The number of hydrogen-bond donors (Lipinski definition) is 4. The highest BCUT2D eigenvalue weighted by molar-refractivity contribution is 5.73. The Hall–Kier alpha value is -5.90. The maximum Gasteiger partial charge on any atom is 0.232 e. The minimum Gasteiger partial charge on any atom is -0.324 e. The lowest BCUT2D eigenvalue weighted by atomic mass is 9.93. The molecule has 0 aliphatic heterocycles. The molecule has 0 atom stereocenters. The van der Waals surface area contributed by atoms with Crippen LogP contribution in [0.3, 0.4) is 0 Å². The van der Waals surface area contributed by atoms with E-state index in [2.05, 4.69) is 180 Å². The van der Waals surface area contributed by atoms with Crippen LogP contribution in [0.4, 0.5) is 46.5 Å². The highest BCUT2D eigenvalue weighted by Gasteiger charge is 2.19. The van der Waals surface area contributed by atoms with Gasteiger partial charge in [0, 0.05) is 24.2 Å². The molecule has 2 heterocycles. The molecule has 0 aliphatic rings. The summed E-state index contributed by atoms with van der Waals surface area (Å²) < 4.78 is 0. The first-order valence-corrected chi connectivity index (χ1v) is 21.7. The molecule has 4 aromatic carbocycles. The Bertz CT molecular complexity index is 2280. The van der Waals surface area contributed by atoms with E-state index in [1.54, 1.807) is 0 Å². The molecule has 6 rings (SSSR count). The Morgan fingerprint density at radius 3 is 0.468 bits per heavy atom. The number of nitrogens with zero attached hydrogens (tertiary/aromatic N) is 6. The molecule has 0 amide bonds. The Morgan fingerprint density at radius 1 is 0.194 bits per heavy atom. The Labute approximate surface area is 373 Å². The summed E-state index contributed by atoms with van der Waals surface area (Å²) in [6.45, 7) is 47.0. The Morgan fingerprint density at radius 2 is 0.323 bits per heavy atom. The maximum atomic E-state index is 4.71. The van der Waals surface area contributed by atoms with Crippen molar-refractivity contribution in [3.8, 4) is 0 Å². The van der Waals surface area contributed by atoms with Crippen molar-refractivity contribution in [2.24, 2.45) is 0 Å². The van der Waals surface area contributed by atoms with Crippen LogP contribution in [0.2, 0.25) is 0 Å². The van der Waals surface area contributed by atoms with Crippen LogP contribution in [-0.2, 0) is 0 Å². The highest BCUT2D eigenvalue weighted by Crippen LogP contribution is 2.36. The van der Waals surface area contributed by atoms with E-state index in [-0.39, 0.29) is 1.43 Å². The average molecular weight is 838 g/mol. The minimum atomic E-state index is 0. The minimum absolute atomic E-state index is 0. The summed E-state index contributed by atoms with van der Waals surface area (Å²) in [4.78, 5) is 27.6. The van der Waals surface area contributed by atoms with Crippen LogP contribution in [0.15, 0.2) is 0 Å². The largest absolute Gasteiger partial charge is 0.324 e. The zero-order chi connectivity index (χ0) is 46.4. The quantitative estimate of drug-likeness (QED) is 0.118. The lowest BCUT2D eigenvalue weighted by Gasteiger charge is -2.20. The normalized spacial score (nSPS) is 11.1. The van der Waals surface area contributed by atoms with E-state index < -0.39 is 0 Å². The molecule has 0 spiro atoms. The predicted octanol–water partition coefficient (Wildman–Crippen LogP) is 13.7. The van der Waals surface area contributed by atoms with E-state index in [4.69, 9.17) is 9.97 Å². The van der Waals surface area contributed by atoms with E-state index in [0.29, 0.717) is 35.4 Å². The van der Waals surface area contributed by atoms with Crippen LogP contribution in [0.1, 0.15) is 124 Å². The van der Waals surface area contributed by atoms with Crippen molar-refractivity contribution in [2.45, 2.75) is 152 Å². The summed E-state index contributed by atoms with van der Waals surface area (Å²) in [6, 6.07) is 0. The number of nitrogens with one attached hydrogen (secondary N) is 4. The van der Waals surface area contributed by atoms with Crippen molar-refractivity contribution in [3.05, 3.63) is 123 Å². The van der Waals surface area contributed by atoms with Gasteiger partial charge in [-0.2, -0.15) is 29.9 Å². The van der Waals surface area contributed by atoms with Gasteiger partial charge in [-0.05, 0) is 264 Å². The van der Waals surface area contributed by atoms with Gasteiger partial charge in [0.25, 0.3) is 0 Å². The van der Waals surface area contributed by atoms with Crippen LogP contribution in [0.25, 0.3) is 0 Å². The molecule has 10 heteroatoms. The standard InChI is InChI=1S/2C26H35N5.H2/c2*1-12-14(3)18(7)23(19(8)15(12)4)29-25-27-22(11)28-26(31-25)30-24-20(9)16(5)13(2)17(6)21(24)10;/h2*1-11H3,(H2,27,28,29,30,31);1H/i;;1+1. The molecule has 0 saturated carbocycles. The van der Waals surface area contributed by atoms with Gasteiger partial charge >= 0.3 is 0 Å². The molecule has 4 N–H and O–H groups in total. The van der Waals surface area contributed by atoms with Gasteiger partial charge in [-0.1, -0.05) is 0 Å². The Kier molecular flexibility index (Phi) is 13.9. The van der Waals surface area contributed by atoms with Crippen molar-refractivity contribution in [1.82, 2.24) is 29.9 Å². The molecular formula is C52H72N10. The first-order valence-electron chi connectivity index (χ1n) is 21.7. The van der Waals surface area contributed by atoms with Crippen LogP contribution in [0.5, 0.6) is 0 Å². The monoisotopic (exact) mass is 838 g/mol. The third kappa shape index (κ3) is 9.01. The SMILES string of the molecule is Cc1nc(Nc2c(C)c(C)c(C)c(C)c2C)nc(Nc2c(C)c(C)c(C)c(C)c2C)n1.Cc1nc(Nc2c(C)c(C)c(C)c(C)c2C)nc(Nc2c(C)c(C)c(C)c(C)c2C)n1.[2HH]. The molecule has 0 aliphatic carbocycles. The zero-order valence-electron chi connectivity index (χ0n) is 41.7. The topological polar surface area (TPSA) is 125 Å². The molecule has 10 nitrogen and oxygen atoms in total. The molecule has 0 radical (unpaired) electrons. The van der Waals surface area contributed by atoms with Crippen molar-refractivity contribution < 1.29 is 1.43 Å².